The molecule has 0 unspecified atom stereocenters. The Balaban J connectivity index is 1.43. The van der Waals surface area contributed by atoms with E-state index in [0.717, 1.165) is 56.5 Å². The Bertz CT molecular complexity index is 963. The van der Waals surface area contributed by atoms with E-state index in [1.807, 2.05) is 18.2 Å². The van der Waals surface area contributed by atoms with Gasteiger partial charge in [0.1, 0.15) is 5.75 Å². The molecule has 3 aromatic rings. The molecule has 1 saturated heterocycles. The van der Waals surface area contributed by atoms with Gasteiger partial charge in [0.25, 0.3) is 0 Å². The van der Waals surface area contributed by atoms with Crippen LogP contribution in [-0.4, -0.2) is 68.4 Å². The molecule has 1 aromatic carbocycles. The third kappa shape index (κ3) is 4.10. The molecule has 0 radical (unpaired) electrons. The molecule has 0 amide bonds. The average Bonchev–Trinajstić information content (AvgIpc) is 3.53. The number of rotatable bonds is 6. The molecule has 2 fully saturated rings. The lowest BCUT2D eigenvalue weighted by Crippen LogP contribution is -2.49. The van der Waals surface area contributed by atoms with Gasteiger partial charge in [-0.1, -0.05) is 25.0 Å². The number of benzene rings is 1. The van der Waals surface area contributed by atoms with Gasteiger partial charge >= 0.3 is 0 Å². The maximum atomic E-state index is 5.37. The van der Waals surface area contributed by atoms with Gasteiger partial charge in [-0.15, -0.1) is 5.10 Å². The minimum atomic E-state index is 0.000322. The summed E-state index contributed by atoms with van der Waals surface area (Å²) in [6.07, 6.45) is 8.37. The van der Waals surface area contributed by atoms with Crippen LogP contribution in [0.4, 0.5) is 5.95 Å². The summed E-state index contributed by atoms with van der Waals surface area (Å²) in [6.45, 7) is 3.49. The predicted molar refractivity (Wildman–Crippen MR) is 116 cm³/mol. The number of piperazine rings is 1. The summed E-state index contributed by atoms with van der Waals surface area (Å²) in [4.78, 5) is 13.5. The Morgan fingerprint density at radius 1 is 0.968 bits per heavy atom. The molecule has 0 bridgehead atoms. The Hall–Kier alpha value is -3.07. The summed E-state index contributed by atoms with van der Waals surface area (Å²) in [6, 6.07) is 10.5. The summed E-state index contributed by atoms with van der Waals surface area (Å²) in [7, 11) is 1.69. The highest BCUT2D eigenvalue weighted by Crippen LogP contribution is 2.35. The summed E-state index contributed by atoms with van der Waals surface area (Å²) in [5, 5.41) is 13.0. The fourth-order valence-corrected chi connectivity index (χ4v) is 4.73. The Morgan fingerprint density at radius 3 is 2.35 bits per heavy atom. The van der Waals surface area contributed by atoms with Crippen molar-refractivity contribution in [1.82, 2.24) is 35.1 Å². The Morgan fingerprint density at radius 2 is 1.68 bits per heavy atom. The van der Waals surface area contributed by atoms with Gasteiger partial charge in [-0.25, -0.2) is 14.6 Å². The molecule has 0 spiro atoms. The monoisotopic (exact) mass is 420 g/mol. The standard InChI is InChI=1S/C22H28N8O/c1-31-19-9-7-17(8-10-19)20(21-25-26-27-30(21)18-5-2-3-6-18)28-13-15-29(16-14-28)22-23-11-4-12-24-22/h4,7-12,18,20H,2-3,5-6,13-16H2,1H3/t20-/m0/s1. The molecule has 2 aliphatic rings. The average molecular weight is 421 g/mol. The van der Waals surface area contributed by atoms with E-state index in [0.29, 0.717) is 6.04 Å². The van der Waals surface area contributed by atoms with Gasteiger partial charge in [-0.3, -0.25) is 4.90 Å². The highest BCUT2D eigenvalue weighted by atomic mass is 16.5. The number of aromatic nitrogens is 6. The van der Waals surface area contributed by atoms with Crippen molar-refractivity contribution in [2.75, 3.05) is 38.2 Å². The zero-order valence-electron chi connectivity index (χ0n) is 17.8. The van der Waals surface area contributed by atoms with Gasteiger partial charge in [0.05, 0.1) is 19.2 Å². The van der Waals surface area contributed by atoms with Crippen molar-refractivity contribution in [2.24, 2.45) is 0 Å². The van der Waals surface area contributed by atoms with Crippen LogP contribution in [0.3, 0.4) is 0 Å². The van der Waals surface area contributed by atoms with Crippen molar-refractivity contribution < 1.29 is 4.74 Å². The lowest BCUT2D eigenvalue weighted by atomic mass is 10.0. The number of methoxy groups -OCH3 is 1. The first-order chi connectivity index (χ1) is 15.3. The van der Waals surface area contributed by atoms with E-state index in [9.17, 15) is 0 Å². The third-order valence-electron chi connectivity index (χ3n) is 6.38. The SMILES string of the molecule is COc1ccc([C@@H](c2nnnn2C2CCCC2)N2CCN(c3ncccn3)CC2)cc1. The van der Waals surface area contributed by atoms with Gasteiger partial charge in [0.2, 0.25) is 5.95 Å². The molecule has 9 nitrogen and oxygen atoms in total. The van der Waals surface area contributed by atoms with E-state index in [1.54, 1.807) is 19.5 Å². The van der Waals surface area contributed by atoms with Crippen LogP contribution in [0.5, 0.6) is 5.75 Å². The molecule has 1 saturated carbocycles. The molecule has 1 aliphatic heterocycles. The number of tetrazole rings is 1. The minimum absolute atomic E-state index is 0.000322. The van der Waals surface area contributed by atoms with E-state index >= 15 is 0 Å². The molecule has 1 atom stereocenters. The molecule has 31 heavy (non-hydrogen) atoms. The van der Waals surface area contributed by atoms with E-state index < -0.39 is 0 Å². The number of ether oxygens (including phenoxy) is 1. The normalized spacial score (nSPS) is 18.9. The molecule has 1 aliphatic carbocycles. The molecule has 0 N–H and O–H groups in total. The van der Waals surface area contributed by atoms with E-state index in [4.69, 9.17) is 4.74 Å². The van der Waals surface area contributed by atoms with Crippen molar-refractivity contribution in [3.05, 3.63) is 54.1 Å². The van der Waals surface area contributed by atoms with E-state index in [1.165, 1.54) is 18.4 Å². The molecule has 9 heteroatoms. The first-order valence-electron chi connectivity index (χ1n) is 11.0. The molecular formula is C22H28N8O. The summed E-state index contributed by atoms with van der Waals surface area (Å²) in [5.74, 6) is 2.57. The predicted octanol–water partition coefficient (Wildman–Crippen LogP) is 2.50. The van der Waals surface area contributed by atoms with Crippen molar-refractivity contribution in [2.45, 2.75) is 37.8 Å². The van der Waals surface area contributed by atoms with E-state index in [2.05, 4.69) is 52.1 Å². The zero-order chi connectivity index (χ0) is 21.0. The van der Waals surface area contributed by atoms with Crippen LogP contribution in [0.15, 0.2) is 42.7 Å². The fourth-order valence-electron chi connectivity index (χ4n) is 4.73. The second-order valence-corrected chi connectivity index (χ2v) is 8.17. The second-order valence-electron chi connectivity index (χ2n) is 8.17. The maximum absolute atomic E-state index is 5.37. The second kappa shape index (κ2) is 8.97. The quantitative estimate of drug-likeness (QED) is 0.601. The van der Waals surface area contributed by atoms with Crippen molar-refractivity contribution in [3.63, 3.8) is 0 Å². The largest absolute Gasteiger partial charge is 0.497 e. The molecule has 162 valence electrons. The van der Waals surface area contributed by atoms with Crippen LogP contribution < -0.4 is 9.64 Å². The smallest absolute Gasteiger partial charge is 0.225 e. The number of hydrogen-bond acceptors (Lipinski definition) is 8. The first-order valence-corrected chi connectivity index (χ1v) is 11.0. The zero-order valence-corrected chi connectivity index (χ0v) is 17.8. The van der Waals surface area contributed by atoms with Crippen molar-refractivity contribution in [1.29, 1.82) is 0 Å². The number of nitrogens with zero attached hydrogens (tertiary/aromatic N) is 8. The third-order valence-corrected chi connectivity index (χ3v) is 6.38. The topological polar surface area (TPSA) is 85.1 Å². The van der Waals surface area contributed by atoms with Crippen LogP contribution in [-0.2, 0) is 0 Å². The van der Waals surface area contributed by atoms with Crippen LogP contribution in [0.2, 0.25) is 0 Å². The van der Waals surface area contributed by atoms with E-state index in [-0.39, 0.29) is 6.04 Å². The van der Waals surface area contributed by atoms with Gasteiger partial charge < -0.3 is 9.64 Å². The Kier molecular flexibility index (Phi) is 5.75. The molecular weight excluding hydrogens is 392 g/mol. The maximum Gasteiger partial charge on any atom is 0.225 e. The van der Waals surface area contributed by atoms with Gasteiger partial charge in [-0.2, -0.15) is 0 Å². The summed E-state index contributed by atoms with van der Waals surface area (Å²) < 4.78 is 7.45. The van der Waals surface area contributed by atoms with Gasteiger partial charge in [-0.05, 0) is 47.0 Å². The fraction of sp³-hybridized carbons (Fsp3) is 0.500. The minimum Gasteiger partial charge on any atom is -0.497 e. The van der Waals surface area contributed by atoms with Crippen LogP contribution >= 0.6 is 0 Å². The lowest BCUT2D eigenvalue weighted by Gasteiger charge is -2.39. The number of hydrogen-bond donors (Lipinski definition) is 0. The van der Waals surface area contributed by atoms with Crippen LogP contribution in [0.25, 0.3) is 0 Å². The van der Waals surface area contributed by atoms with Gasteiger partial charge in [0.15, 0.2) is 5.82 Å². The summed E-state index contributed by atoms with van der Waals surface area (Å²) in [5.41, 5.74) is 1.18. The van der Waals surface area contributed by atoms with Crippen molar-refractivity contribution >= 4 is 5.95 Å². The summed E-state index contributed by atoms with van der Waals surface area (Å²) >= 11 is 0. The Labute approximate surface area is 182 Å². The van der Waals surface area contributed by atoms with Crippen LogP contribution in [0.1, 0.15) is 49.2 Å². The molecule has 2 aromatic heterocycles. The lowest BCUT2D eigenvalue weighted by molar-refractivity contribution is 0.197. The molecule has 3 heterocycles. The highest BCUT2D eigenvalue weighted by molar-refractivity contribution is 5.33. The van der Waals surface area contributed by atoms with Crippen LogP contribution in [0, 0.1) is 0 Å². The molecule has 5 rings (SSSR count). The van der Waals surface area contributed by atoms with Crippen molar-refractivity contribution in [3.8, 4) is 5.75 Å². The highest BCUT2D eigenvalue weighted by Gasteiger charge is 2.33. The first kappa shape index (κ1) is 19.9. The van der Waals surface area contributed by atoms with Gasteiger partial charge in [0, 0.05) is 38.6 Å². The number of anilines is 1.